The maximum Gasteiger partial charge on any atom is 0.287 e. The lowest BCUT2D eigenvalue weighted by atomic mass is 10.2. The molecule has 0 saturated carbocycles. The molecule has 28 heavy (non-hydrogen) atoms. The van der Waals surface area contributed by atoms with Gasteiger partial charge in [-0.25, -0.2) is 12.8 Å². The SMILES string of the molecule is COc1ccc(S(=O)(=O)C2(CC#Cc3ccc(F)cc3)SC(=O)NC2=O)cc1. The van der Waals surface area contributed by atoms with E-state index in [9.17, 15) is 22.4 Å². The lowest BCUT2D eigenvalue weighted by molar-refractivity contribution is -0.119. The molecule has 2 amide bonds. The maximum absolute atomic E-state index is 13.2. The van der Waals surface area contributed by atoms with Crippen LogP contribution in [0.25, 0.3) is 0 Å². The third-order valence-corrected chi connectivity index (χ3v) is 7.97. The van der Waals surface area contributed by atoms with Crippen molar-refractivity contribution >= 4 is 32.7 Å². The van der Waals surface area contributed by atoms with Gasteiger partial charge in [0.25, 0.3) is 11.1 Å². The van der Waals surface area contributed by atoms with Crippen LogP contribution in [0.2, 0.25) is 0 Å². The standard InChI is InChI=1S/C19H14FNO5S2/c1-26-15-8-10-16(11-9-15)28(24,25)19(17(22)21-18(23)27-19)12-2-3-13-4-6-14(20)7-5-13/h4-11H,12H2,1H3,(H,21,22,23). The van der Waals surface area contributed by atoms with E-state index in [1.807, 2.05) is 5.32 Å². The van der Waals surface area contributed by atoms with Gasteiger partial charge in [0.2, 0.25) is 13.9 Å². The molecule has 1 heterocycles. The lowest BCUT2D eigenvalue weighted by Crippen LogP contribution is -2.43. The van der Waals surface area contributed by atoms with E-state index in [0.717, 1.165) is 0 Å². The molecule has 3 rings (SSSR count). The molecule has 9 heteroatoms. The Hall–Kier alpha value is -2.83. The van der Waals surface area contributed by atoms with Crippen molar-refractivity contribution in [3.8, 4) is 17.6 Å². The van der Waals surface area contributed by atoms with E-state index in [2.05, 4.69) is 11.8 Å². The molecule has 1 aliphatic rings. The van der Waals surface area contributed by atoms with Gasteiger partial charge in [0.1, 0.15) is 11.6 Å². The second-order valence-electron chi connectivity index (χ2n) is 5.76. The summed E-state index contributed by atoms with van der Waals surface area (Å²) < 4.78 is 42.3. The van der Waals surface area contributed by atoms with Crippen LogP contribution in [0.4, 0.5) is 9.18 Å². The van der Waals surface area contributed by atoms with Crippen molar-refractivity contribution in [3.05, 3.63) is 59.9 Å². The summed E-state index contributed by atoms with van der Waals surface area (Å²) in [7, 11) is -2.82. The van der Waals surface area contributed by atoms with Gasteiger partial charge in [0.15, 0.2) is 0 Å². The van der Waals surface area contributed by atoms with Crippen LogP contribution in [-0.4, -0.2) is 30.8 Å². The summed E-state index contributed by atoms with van der Waals surface area (Å²) in [5, 5.41) is 1.27. The van der Waals surface area contributed by atoms with Crippen molar-refractivity contribution < 1.29 is 27.1 Å². The number of sulfone groups is 1. The van der Waals surface area contributed by atoms with Gasteiger partial charge in [0, 0.05) is 12.0 Å². The zero-order valence-corrected chi connectivity index (χ0v) is 16.2. The van der Waals surface area contributed by atoms with Gasteiger partial charge in [-0.2, -0.15) is 0 Å². The summed E-state index contributed by atoms with van der Waals surface area (Å²) in [5.41, 5.74) is 0.452. The first-order valence-electron chi connectivity index (χ1n) is 7.96. The zero-order valence-electron chi connectivity index (χ0n) is 14.6. The molecule has 1 aliphatic heterocycles. The number of ether oxygens (including phenoxy) is 1. The molecule has 1 atom stereocenters. The summed E-state index contributed by atoms with van der Waals surface area (Å²) in [6.07, 6.45) is -0.416. The first-order valence-corrected chi connectivity index (χ1v) is 10.3. The molecule has 0 radical (unpaired) electrons. The third-order valence-electron chi connectivity index (χ3n) is 4.02. The minimum Gasteiger partial charge on any atom is -0.497 e. The fourth-order valence-corrected chi connectivity index (χ4v) is 5.66. The summed E-state index contributed by atoms with van der Waals surface area (Å²) in [6, 6.07) is 10.8. The van der Waals surface area contributed by atoms with E-state index in [-0.39, 0.29) is 4.90 Å². The smallest absolute Gasteiger partial charge is 0.287 e. The largest absolute Gasteiger partial charge is 0.497 e. The van der Waals surface area contributed by atoms with Crippen molar-refractivity contribution in [1.82, 2.24) is 5.32 Å². The van der Waals surface area contributed by atoms with Crippen LogP contribution in [0.5, 0.6) is 5.75 Å². The molecule has 1 unspecified atom stereocenters. The number of thioether (sulfide) groups is 1. The molecule has 2 aromatic rings. The number of nitrogens with one attached hydrogen (secondary N) is 1. The highest BCUT2D eigenvalue weighted by Gasteiger charge is 2.58. The number of hydrogen-bond donors (Lipinski definition) is 1. The molecule has 1 N–H and O–H groups in total. The Kier molecular flexibility index (Phi) is 5.45. The van der Waals surface area contributed by atoms with Gasteiger partial charge < -0.3 is 4.74 Å². The highest BCUT2D eigenvalue weighted by molar-refractivity contribution is 8.25. The normalized spacial score (nSPS) is 18.9. The minimum atomic E-state index is -4.26. The number of imide groups is 1. The van der Waals surface area contributed by atoms with Gasteiger partial charge in [-0.3, -0.25) is 14.9 Å². The van der Waals surface area contributed by atoms with Crippen molar-refractivity contribution in [3.63, 3.8) is 0 Å². The van der Waals surface area contributed by atoms with Crippen LogP contribution >= 0.6 is 11.8 Å². The second kappa shape index (κ2) is 7.66. The maximum atomic E-state index is 13.2. The van der Waals surface area contributed by atoms with Crippen molar-refractivity contribution in [2.24, 2.45) is 0 Å². The number of benzene rings is 2. The molecular weight excluding hydrogens is 405 g/mol. The Morgan fingerprint density at radius 3 is 2.29 bits per heavy atom. The van der Waals surface area contributed by atoms with Gasteiger partial charge in [-0.05, 0) is 60.3 Å². The van der Waals surface area contributed by atoms with E-state index in [1.165, 1.54) is 55.6 Å². The number of methoxy groups -OCH3 is 1. The van der Waals surface area contributed by atoms with Crippen molar-refractivity contribution in [2.75, 3.05) is 7.11 Å². The van der Waals surface area contributed by atoms with Crippen LogP contribution in [0.3, 0.4) is 0 Å². The lowest BCUT2D eigenvalue weighted by Gasteiger charge is -2.22. The Morgan fingerprint density at radius 2 is 1.75 bits per heavy atom. The number of carbonyl (C=O) groups is 2. The molecule has 0 aromatic heterocycles. The average molecular weight is 419 g/mol. The summed E-state index contributed by atoms with van der Waals surface area (Å²) >= 11 is 0.389. The summed E-state index contributed by atoms with van der Waals surface area (Å²) in [5.74, 6) is 4.42. The average Bonchev–Trinajstić information content (AvgIpc) is 2.98. The van der Waals surface area contributed by atoms with Crippen molar-refractivity contribution in [2.45, 2.75) is 15.4 Å². The number of amides is 2. The minimum absolute atomic E-state index is 0.130. The highest BCUT2D eigenvalue weighted by Crippen LogP contribution is 2.43. The van der Waals surface area contributed by atoms with E-state index in [1.54, 1.807) is 0 Å². The predicted molar refractivity (Wildman–Crippen MR) is 102 cm³/mol. The Balaban J connectivity index is 2.00. The van der Waals surface area contributed by atoms with Crippen LogP contribution in [-0.2, 0) is 14.6 Å². The van der Waals surface area contributed by atoms with Gasteiger partial charge in [-0.1, -0.05) is 11.8 Å². The number of carbonyl (C=O) groups excluding carboxylic acids is 2. The van der Waals surface area contributed by atoms with E-state index in [0.29, 0.717) is 23.1 Å². The van der Waals surface area contributed by atoms with Gasteiger partial charge in [0.05, 0.1) is 12.0 Å². The molecule has 144 valence electrons. The van der Waals surface area contributed by atoms with Crippen LogP contribution < -0.4 is 10.1 Å². The molecule has 0 aliphatic carbocycles. The number of halogens is 1. The third kappa shape index (κ3) is 3.61. The first-order chi connectivity index (χ1) is 13.3. The van der Waals surface area contributed by atoms with Crippen molar-refractivity contribution in [1.29, 1.82) is 0 Å². The predicted octanol–water partition coefficient (Wildman–Crippen LogP) is 2.73. The fourth-order valence-electron chi connectivity index (χ4n) is 2.54. The second-order valence-corrected chi connectivity index (χ2v) is 9.47. The Bertz CT molecular complexity index is 1090. The zero-order chi connectivity index (χ0) is 20.4. The van der Waals surface area contributed by atoms with Gasteiger partial charge >= 0.3 is 0 Å². The molecule has 0 spiro atoms. The molecule has 2 aromatic carbocycles. The van der Waals surface area contributed by atoms with Gasteiger partial charge in [-0.15, -0.1) is 0 Å². The molecule has 0 bridgehead atoms. The summed E-state index contributed by atoms with van der Waals surface area (Å²) in [6.45, 7) is 0. The van der Waals surface area contributed by atoms with Crippen LogP contribution in [0, 0.1) is 17.7 Å². The summed E-state index contributed by atoms with van der Waals surface area (Å²) in [4.78, 5) is 24.1. The Labute approximate surface area is 165 Å². The molecule has 6 nitrogen and oxygen atoms in total. The molecule has 1 saturated heterocycles. The first kappa shape index (κ1) is 19.9. The van der Waals surface area contributed by atoms with E-state index in [4.69, 9.17) is 4.74 Å². The van der Waals surface area contributed by atoms with Crippen LogP contribution in [0.1, 0.15) is 12.0 Å². The van der Waals surface area contributed by atoms with Crippen LogP contribution in [0.15, 0.2) is 53.4 Å². The topological polar surface area (TPSA) is 89.5 Å². The molecular formula is C19H14FNO5S2. The number of hydrogen-bond acceptors (Lipinski definition) is 6. The monoisotopic (exact) mass is 419 g/mol. The molecule has 1 fully saturated rings. The van der Waals surface area contributed by atoms with E-state index >= 15 is 0 Å². The fraction of sp³-hybridized carbons (Fsp3) is 0.158. The quantitative estimate of drug-likeness (QED) is 0.767. The highest BCUT2D eigenvalue weighted by atomic mass is 32.3. The number of rotatable bonds is 4. The Morgan fingerprint density at radius 1 is 1.11 bits per heavy atom. The van der Waals surface area contributed by atoms with E-state index < -0.39 is 37.3 Å².